The second kappa shape index (κ2) is 26.1. The van der Waals surface area contributed by atoms with Crippen molar-refractivity contribution in [3.8, 4) is 17.0 Å². The highest BCUT2D eigenvalue weighted by atomic mass is 19.4. The van der Waals surface area contributed by atoms with Crippen LogP contribution in [0.3, 0.4) is 0 Å². The lowest BCUT2D eigenvalue weighted by atomic mass is 9.76. The van der Waals surface area contributed by atoms with Crippen LogP contribution >= 0.6 is 0 Å². The highest BCUT2D eigenvalue weighted by molar-refractivity contribution is 6.59. The van der Waals surface area contributed by atoms with Gasteiger partial charge in [-0.3, -0.25) is 9.59 Å². The number of amides is 2. The van der Waals surface area contributed by atoms with Crippen LogP contribution < -0.4 is 26.2 Å². The zero-order valence-electron chi connectivity index (χ0n) is 33.1. The van der Waals surface area contributed by atoms with Gasteiger partial charge in [-0.2, -0.15) is 0 Å². The van der Waals surface area contributed by atoms with Crippen molar-refractivity contribution in [2.75, 3.05) is 97.7 Å². The molecule has 1 heterocycles. The summed E-state index contributed by atoms with van der Waals surface area (Å²) in [4.78, 5) is 33.4. The van der Waals surface area contributed by atoms with Crippen molar-refractivity contribution in [1.82, 2.24) is 20.6 Å². The Morgan fingerprint density at radius 1 is 0.650 bits per heavy atom. The van der Waals surface area contributed by atoms with E-state index >= 15 is 0 Å². The maximum Gasteiger partial charge on any atom is 0.573 e. The number of alkyl halides is 3. The van der Waals surface area contributed by atoms with Gasteiger partial charge < -0.3 is 59.2 Å². The number of hydrogen-bond donors (Lipinski definition) is 5. The van der Waals surface area contributed by atoms with E-state index in [1.165, 1.54) is 36.7 Å². The van der Waals surface area contributed by atoms with Gasteiger partial charge >= 0.3 is 13.5 Å². The average molecular weight is 844 g/mol. The Labute approximate surface area is 345 Å². The molecule has 20 heteroatoms. The molecule has 5 N–H and O–H groups in total. The standard InChI is InChI=1S/C40H49BF3N5O11/c1-29-5-6-32(26-35(29)41(52)53)39(51)46-12-14-55-16-18-57-20-22-59-24-23-58-21-19-56-17-15-54-13-11-45-38(50)31-4-2-3-30(25-31)36-27-37(48-28-47-36)49-33-7-9-34(10-8-33)60-40(42,43)44/h2-10,25-28,52-53H,11-24H2,1H3,(H,45,50)(H,46,51)(H,47,48,49). The summed E-state index contributed by atoms with van der Waals surface area (Å²) in [5.74, 6) is -0.557. The number of aryl methyl sites for hydroxylation is 1. The molecule has 0 unspecified atom stereocenters. The largest absolute Gasteiger partial charge is 0.573 e. The number of aromatic nitrogens is 2. The fourth-order valence-electron chi connectivity index (χ4n) is 5.23. The number of hydrogen-bond acceptors (Lipinski definition) is 14. The van der Waals surface area contributed by atoms with Crippen molar-refractivity contribution in [3.05, 3.63) is 95.8 Å². The average Bonchev–Trinajstić information content (AvgIpc) is 3.23. The molecule has 4 rings (SSSR count). The summed E-state index contributed by atoms with van der Waals surface area (Å²) in [6.07, 6.45) is -3.44. The van der Waals surface area contributed by atoms with Crippen LogP contribution in [0, 0.1) is 6.92 Å². The number of benzene rings is 3. The Hall–Kier alpha value is -5.19. The van der Waals surface area contributed by atoms with Crippen molar-refractivity contribution in [2.45, 2.75) is 13.3 Å². The van der Waals surface area contributed by atoms with E-state index in [0.717, 1.165) is 0 Å². The Kier molecular flexibility index (Phi) is 20.7. The number of halogens is 3. The SMILES string of the molecule is Cc1ccc(C(=O)NCCOCCOCCOCCOCCOCCOCCNC(=O)c2cccc(-c3cc(Nc4ccc(OC(F)(F)F)cc4)ncn3)c2)cc1B(O)O. The summed E-state index contributed by atoms with van der Waals surface area (Å²) in [5, 5.41) is 27.3. The lowest BCUT2D eigenvalue weighted by Gasteiger charge is -2.11. The first-order chi connectivity index (χ1) is 29.0. The van der Waals surface area contributed by atoms with Crippen LogP contribution in [0.4, 0.5) is 24.7 Å². The topological polar surface area (TPSA) is 201 Å². The summed E-state index contributed by atoms with van der Waals surface area (Å²) in [5.41, 5.74) is 3.41. The second-order valence-corrected chi connectivity index (χ2v) is 12.7. The van der Waals surface area contributed by atoms with Gasteiger partial charge in [-0.15, -0.1) is 13.2 Å². The van der Waals surface area contributed by atoms with Gasteiger partial charge in [-0.05, 0) is 60.9 Å². The van der Waals surface area contributed by atoms with Gasteiger partial charge in [0.15, 0.2) is 0 Å². The Morgan fingerprint density at radius 3 is 1.68 bits per heavy atom. The molecule has 0 saturated heterocycles. The van der Waals surface area contributed by atoms with Crippen molar-refractivity contribution in [2.24, 2.45) is 0 Å². The van der Waals surface area contributed by atoms with E-state index in [0.29, 0.717) is 125 Å². The smallest absolute Gasteiger partial charge is 0.423 e. The molecule has 0 fully saturated rings. The van der Waals surface area contributed by atoms with Crippen LogP contribution in [-0.2, 0) is 28.4 Å². The molecule has 324 valence electrons. The Balaban J connectivity index is 0.933. The van der Waals surface area contributed by atoms with Gasteiger partial charge in [0, 0.05) is 41.5 Å². The zero-order chi connectivity index (χ0) is 43.0. The third-order valence-corrected chi connectivity index (χ3v) is 8.19. The molecule has 0 atom stereocenters. The van der Waals surface area contributed by atoms with E-state index in [4.69, 9.17) is 28.4 Å². The van der Waals surface area contributed by atoms with E-state index in [9.17, 15) is 32.8 Å². The molecule has 0 aliphatic heterocycles. The highest BCUT2D eigenvalue weighted by Gasteiger charge is 2.31. The van der Waals surface area contributed by atoms with Crippen LogP contribution in [0.2, 0.25) is 0 Å². The molecule has 0 spiro atoms. The lowest BCUT2D eigenvalue weighted by Crippen LogP contribution is -2.34. The van der Waals surface area contributed by atoms with E-state index in [1.807, 2.05) is 0 Å². The first-order valence-electron chi connectivity index (χ1n) is 19.0. The number of anilines is 2. The highest BCUT2D eigenvalue weighted by Crippen LogP contribution is 2.26. The summed E-state index contributed by atoms with van der Waals surface area (Å²) in [6, 6.07) is 18.5. The van der Waals surface area contributed by atoms with Crippen LogP contribution in [0.1, 0.15) is 26.3 Å². The molecule has 60 heavy (non-hydrogen) atoms. The van der Waals surface area contributed by atoms with Gasteiger partial charge in [0.25, 0.3) is 11.8 Å². The van der Waals surface area contributed by atoms with Gasteiger partial charge in [0.2, 0.25) is 0 Å². The molecule has 0 aliphatic carbocycles. The predicted molar refractivity (Wildman–Crippen MR) is 214 cm³/mol. The third-order valence-electron chi connectivity index (χ3n) is 8.19. The van der Waals surface area contributed by atoms with Gasteiger partial charge in [0.05, 0.1) is 85.0 Å². The molecule has 4 aromatic rings. The van der Waals surface area contributed by atoms with Gasteiger partial charge in [0.1, 0.15) is 17.9 Å². The van der Waals surface area contributed by atoms with Gasteiger partial charge in [-0.25, -0.2) is 9.97 Å². The Bertz CT molecular complexity index is 1890. The first kappa shape index (κ1) is 47.5. The number of nitrogens with one attached hydrogen (secondary N) is 3. The summed E-state index contributed by atoms with van der Waals surface area (Å²) in [7, 11) is -1.64. The number of carbonyl (C=O) groups is 2. The van der Waals surface area contributed by atoms with E-state index < -0.39 is 13.5 Å². The van der Waals surface area contributed by atoms with Crippen molar-refractivity contribution in [1.29, 1.82) is 0 Å². The molecule has 0 bridgehead atoms. The Morgan fingerprint density at radius 2 is 1.17 bits per heavy atom. The predicted octanol–water partition coefficient (Wildman–Crippen LogP) is 3.03. The van der Waals surface area contributed by atoms with Crippen LogP contribution in [-0.4, -0.2) is 138 Å². The zero-order valence-corrected chi connectivity index (χ0v) is 33.1. The van der Waals surface area contributed by atoms with Crippen molar-refractivity contribution < 1.29 is 66.0 Å². The van der Waals surface area contributed by atoms with E-state index in [2.05, 4.69) is 30.7 Å². The molecule has 0 saturated carbocycles. The fraction of sp³-hybridized carbons (Fsp3) is 0.400. The molecular formula is C40H49BF3N5O11. The monoisotopic (exact) mass is 843 g/mol. The maximum absolute atomic E-state index is 12.8. The van der Waals surface area contributed by atoms with Crippen LogP contribution in [0.5, 0.6) is 5.75 Å². The van der Waals surface area contributed by atoms with E-state index in [-0.39, 0.29) is 29.6 Å². The molecule has 3 aromatic carbocycles. The minimum atomic E-state index is -4.78. The summed E-state index contributed by atoms with van der Waals surface area (Å²) >= 11 is 0. The maximum atomic E-state index is 12.8. The first-order valence-corrected chi connectivity index (χ1v) is 19.0. The van der Waals surface area contributed by atoms with Crippen molar-refractivity contribution in [3.63, 3.8) is 0 Å². The second-order valence-electron chi connectivity index (χ2n) is 12.7. The molecular weight excluding hydrogens is 794 g/mol. The van der Waals surface area contributed by atoms with Crippen LogP contribution in [0.15, 0.2) is 79.1 Å². The van der Waals surface area contributed by atoms with Crippen molar-refractivity contribution >= 4 is 35.9 Å². The third kappa shape index (κ3) is 18.4. The molecule has 16 nitrogen and oxygen atoms in total. The quantitative estimate of drug-likeness (QED) is 0.0413. The van der Waals surface area contributed by atoms with Crippen LogP contribution in [0.25, 0.3) is 11.3 Å². The summed E-state index contributed by atoms with van der Waals surface area (Å²) < 4.78 is 74.1. The lowest BCUT2D eigenvalue weighted by molar-refractivity contribution is -0.274. The molecule has 2 amide bonds. The number of ether oxygens (including phenoxy) is 7. The molecule has 0 radical (unpaired) electrons. The number of nitrogens with zero attached hydrogens (tertiary/aromatic N) is 2. The minimum Gasteiger partial charge on any atom is -0.423 e. The normalized spacial score (nSPS) is 11.3. The van der Waals surface area contributed by atoms with Gasteiger partial charge in [-0.1, -0.05) is 23.8 Å². The summed E-state index contributed by atoms with van der Waals surface area (Å²) in [6.45, 7) is 6.76. The minimum absolute atomic E-state index is 0.286. The van der Waals surface area contributed by atoms with E-state index in [1.54, 1.807) is 49.4 Å². The molecule has 1 aromatic heterocycles. The molecule has 0 aliphatic rings. The number of rotatable bonds is 28. The number of carbonyl (C=O) groups excluding carboxylic acids is 2. The fourth-order valence-corrected chi connectivity index (χ4v) is 5.23.